The predicted octanol–water partition coefficient (Wildman–Crippen LogP) is 5.32. The number of hydrogen-bond acceptors (Lipinski definition) is 2. The topological polar surface area (TPSA) is 29.3 Å². The molecule has 3 rings (SSSR count). The maximum Gasteiger partial charge on any atom is 0.0558 e. The molecular weight excluding hydrogens is 339 g/mol. The summed E-state index contributed by atoms with van der Waals surface area (Å²) in [7, 11) is 0. The fourth-order valence-electron chi connectivity index (χ4n) is 3.01. The molecule has 1 aliphatic rings. The zero-order valence-corrected chi connectivity index (χ0v) is 14.2. The molecule has 5 heteroatoms. The molecule has 1 unspecified atom stereocenters. The van der Waals surface area contributed by atoms with Gasteiger partial charge in [-0.1, -0.05) is 40.9 Å². The summed E-state index contributed by atoms with van der Waals surface area (Å²) in [5.74, 6) is 0. The third kappa shape index (κ3) is 3.36. The smallest absolute Gasteiger partial charge is 0.0558 e. The molecular formula is C17H17Cl3N2. The summed E-state index contributed by atoms with van der Waals surface area (Å²) >= 11 is 18.4. The largest absolute Gasteiger partial charge is 0.363 e. The van der Waals surface area contributed by atoms with E-state index in [2.05, 4.69) is 4.90 Å². The van der Waals surface area contributed by atoms with Crippen LogP contribution in [-0.2, 0) is 0 Å². The van der Waals surface area contributed by atoms with E-state index >= 15 is 0 Å². The molecule has 1 aliphatic heterocycles. The molecule has 1 fully saturated rings. The highest BCUT2D eigenvalue weighted by atomic mass is 35.5. The molecule has 2 nitrogen and oxygen atoms in total. The Labute approximate surface area is 145 Å². The number of nitrogens with zero attached hydrogens (tertiary/aromatic N) is 1. The van der Waals surface area contributed by atoms with Gasteiger partial charge in [0.25, 0.3) is 0 Å². The SMILES string of the molecule is N[C@H]1CCC(c2ccc(Cl)cc2Cl)N(c2ccc(Cl)cc2)C1. The van der Waals surface area contributed by atoms with Crippen LogP contribution in [0, 0.1) is 0 Å². The summed E-state index contributed by atoms with van der Waals surface area (Å²) in [5.41, 5.74) is 8.37. The minimum Gasteiger partial charge on any atom is -0.363 e. The maximum absolute atomic E-state index is 6.41. The summed E-state index contributed by atoms with van der Waals surface area (Å²) in [6, 6.07) is 13.9. The van der Waals surface area contributed by atoms with E-state index in [0.717, 1.165) is 35.7 Å². The Morgan fingerprint density at radius 1 is 0.909 bits per heavy atom. The van der Waals surface area contributed by atoms with Gasteiger partial charge in [-0.05, 0) is 54.8 Å². The molecule has 2 atom stereocenters. The molecule has 0 radical (unpaired) electrons. The third-order valence-corrected chi connectivity index (χ3v) is 4.91. The summed E-state index contributed by atoms with van der Waals surface area (Å²) in [4.78, 5) is 2.31. The van der Waals surface area contributed by atoms with Crippen molar-refractivity contribution in [1.82, 2.24) is 0 Å². The first kappa shape index (κ1) is 15.9. The van der Waals surface area contributed by atoms with Crippen LogP contribution in [-0.4, -0.2) is 12.6 Å². The van der Waals surface area contributed by atoms with Crippen molar-refractivity contribution in [2.24, 2.45) is 5.73 Å². The lowest BCUT2D eigenvalue weighted by molar-refractivity contribution is 0.427. The van der Waals surface area contributed by atoms with Crippen molar-refractivity contribution >= 4 is 40.5 Å². The van der Waals surface area contributed by atoms with E-state index < -0.39 is 0 Å². The van der Waals surface area contributed by atoms with Gasteiger partial charge < -0.3 is 10.6 Å². The van der Waals surface area contributed by atoms with Gasteiger partial charge >= 0.3 is 0 Å². The van der Waals surface area contributed by atoms with Gasteiger partial charge in [0.15, 0.2) is 0 Å². The van der Waals surface area contributed by atoms with Crippen molar-refractivity contribution in [3.05, 3.63) is 63.1 Å². The van der Waals surface area contributed by atoms with Crippen LogP contribution in [0.2, 0.25) is 15.1 Å². The molecule has 2 N–H and O–H groups in total. The van der Waals surface area contributed by atoms with Crippen molar-refractivity contribution in [2.75, 3.05) is 11.4 Å². The average Bonchev–Trinajstić information content (AvgIpc) is 2.49. The second kappa shape index (κ2) is 6.67. The van der Waals surface area contributed by atoms with Gasteiger partial charge in [0, 0.05) is 33.3 Å². The van der Waals surface area contributed by atoms with Gasteiger partial charge in [0.05, 0.1) is 6.04 Å². The van der Waals surface area contributed by atoms with Crippen molar-refractivity contribution < 1.29 is 0 Å². The highest BCUT2D eigenvalue weighted by Gasteiger charge is 2.29. The quantitative estimate of drug-likeness (QED) is 0.790. The van der Waals surface area contributed by atoms with Crippen molar-refractivity contribution in [3.8, 4) is 0 Å². The van der Waals surface area contributed by atoms with Crippen LogP contribution in [0.3, 0.4) is 0 Å². The fraction of sp³-hybridized carbons (Fsp3) is 0.294. The van der Waals surface area contributed by atoms with E-state index in [-0.39, 0.29) is 12.1 Å². The molecule has 0 saturated carbocycles. The fourth-order valence-corrected chi connectivity index (χ4v) is 3.67. The van der Waals surface area contributed by atoms with Crippen molar-refractivity contribution in [2.45, 2.75) is 24.9 Å². The number of hydrogen-bond donors (Lipinski definition) is 1. The molecule has 0 spiro atoms. The van der Waals surface area contributed by atoms with E-state index in [1.807, 2.05) is 36.4 Å². The lowest BCUT2D eigenvalue weighted by Gasteiger charge is -2.41. The Bertz CT molecular complexity index is 657. The molecule has 22 heavy (non-hydrogen) atoms. The lowest BCUT2D eigenvalue weighted by Crippen LogP contribution is -2.44. The number of rotatable bonds is 2. The lowest BCUT2D eigenvalue weighted by atomic mass is 9.92. The first-order chi connectivity index (χ1) is 10.5. The molecule has 0 amide bonds. The van der Waals surface area contributed by atoms with Crippen molar-refractivity contribution in [1.29, 1.82) is 0 Å². The Morgan fingerprint density at radius 3 is 2.27 bits per heavy atom. The van der Waals surface area contributed by atoms with Crippen LogP contribution >= 0.6 is 34.8 Å². The summed E-state index contributed by atoms with van der Waals surface area (Å²) in [6.07, 6.45) is 1.94. The summed E-state index contributed by atoms with van der Waals surface area (Å²) in [5, 5.41) is 2.08. The molecule has 1 heterocycles. The van der Waals surface area contributed by atoms with Gasteiger partial charge in [-0.3, -0.25) is 0 Å². The molecule has 0 bridgehead atoms. The predicted molar refractivity (Wildman–Crippen MR) is 95.2 cm³/mol. The molecule has 116 valence electrons. The van der Waals surface area contributed by atoms with Gasteiger partial charge in [0.2, 0.25) is 0 Å². The van der Waals surface area contributed by atoms with Gasteiger partial charge in [-0.25, -0.2) is 0 Å². The summed E-state index contributed by atoms with van der Waals surface area (Å²) in [6.45, 7) is 0.797. The molecule has 2 aromatic carbocycles. The van der Waals surface area contributed by atoms with Crippen molar-refractivity contribution in [3.63, 3.8) is 0 Å². The average molecular weight is 356 g/mol. The Kier molecular flexibility index (Phi) is 4.84. The second-order valence-electron chi connectivity index (χ2n) is 5.65. The molecule has 0 aliphatic carbocycles. The zero-order valence-electron chi connectivity index (χ0n) is 12.0. The Hall–Kier alpha value is -0.930. The Balaban J connectivity index is 1.98. The number of nitrogens with two attached hydrogens (primary N) is 1. The maximum atomic E-state index is 6.41. The van der Waals surface area contributed by atoms with E-state index in [1.165, 1.54) is 0 Å². The number of anilines is 1. The number of halogens is 3. The first-order valence-corrected chi connectivity index (χ1v) is 8.41. The van der Waals surface area contributed by atoms with E-state index in [4.69, 9.17) is 40.5 Å². The third-order valence-electron chi connectivity index (χ3n) is 4.10. The van der Waals surface area contributed by atoms with Crippen LogP contribution in [0.1, 0.15) is 24.4 Å². The normalized spacial score (nSPS) is 21.9. The van der Waals surface area contributed by atoms with Crippen LogP contribution in [0.15, 0.2) is 42.5 Å². The second-order valence-corrected chi connectivity index (χ2v) is 6.93. The minimum absolute atomic E-state index is 0.165. The van der Waals surface area contributed by atoms with Crippen LogP contribution in [0.4, 0.5) is 5.69 Å². The van der Waals surface area contributed by atoms with Gasteiger partial charge in [-0.2, -0.15) is 0 Å². The number of piperidine rings is 1. The molecule has 1 saturated heterocycles. The molecule has 0 aromatic heterocycles. The van der Waals surface area contributed by atoms with Gasteiger partial charge in [-0.15, -0.1) is 0 Å². The summed E-state index contributed by atoms with van der Waals surface area (Å²) < 4.78 is 0. The Morgan fingerprint density at radius 2 is 1.59 bits per heavy atom. The monoisotopic (exact) mass is 354 g/mol. The molecule has 2 aromatic rings. The minimum atomic E-state index is 0.165. The van der Waals surface area contributed by atoms with E-state index in [9.17, 15) is 0 Å². The standard InChI is InChI=1S/C17H17Cl3N2/c18-11-1-5-14(6-2-11)22-10-13(21)4-8-17(22)15-7-3-12(19)9-16(15)20/h1-3,5-7,9,13,17H,4,8,10,21H2/t13-,17?/m0/s1. The first-order valence-electron chi connectivity index (χ1n) is 7.27. The van der Waals surface area contributed by atoms with Crippen LogP contribution < -0.4 is 10.6 Å². The van der Waals surface area contributed by atoms with Gasteiger partial charge in [0.1, 0.15) is 0 Å². The van der Waals surface area contributed by atoms with E-state index in [1.54, 1.807) is 6.07 Å². The van der Waals surface area contributed by atoms with Crippen LogP contribution in [0.5, 0.6) is 0 Å². The zero-order chi connectivity index (χ0) is 15.7. The highest BCUT2D eigenvalue weighted by molar-refractivity contribution is 6.35. The van der Waals surface area contributed by atoms with E-state index in [0.29, 0.717) is 10.0 Å². The highest BCUT2D eigenvalue weighted by Crippen LogP contribution is 2.38. The van der Waals surface area contributed by atoms with Crippen LogP contribution in [0.25, 0.3) is 0 Å². The number of benzene rings is 2.